The van der Waals surface area contributed by atoms with Crippen LogP contribution in [-0.2, 0) is 0 Å². The van der Waals surface area contributed by atoms with Crippen LogP contribution in [0.1, 0.15) is 27.4 Å². The Labute approximate surface area is 115 Å². The van der Waals surface area contributed by atoms with Crippen LogP contribution in [-0.4, -0.2) is 5.78 Å². The Balaban J connectivity index is 2.51. The number of carbonyl (C=O) groups excluding carboxylic acids is 1. The molecule has 0 aromatic heterocycles. The molecule has 20 heavy (non-hydrogen) atoms. The summed E-state index contributed by atoms with van der Waals surface area (Å²) in [7, 11) is 0. The fraction of sp³-hybridized carbons (Fsp3) is 0.125. The first-order valence-electron chi connectivity index (χ1n) is 5.99. The van der Waals surface area contributed by atoms with Crippen LogP contribution in [0.5, 0.6) is 0 Å². The molecule has 0 saturated carbocycles. The summed E-state index contributed by atoms with van der Waals surface area (Å²) in [4.78, 5) is 12.3. The molecule has 0 amide bonds. The van der Waals surface area contributed by atoms with E-state index in [1.807, 2.05) is 6.07 Å². The number of rotatable bonds is 3. The normalized spacial score (nSPS) is 11.7. The number of carbonyl (C=O) groups is 1. The first-order chi connectivity index (χ1) is 9.56. The summed E-state index contributed by atoms with van der Waals surface area (Å²) < 4.78 is 27.7. The lowest BCUT2D eigenvalue weighted by Gasteiger charge is -2.11. The molecule has 100 valence electrons. The van der Waals surface area contributed by atoms with Crippen molar-refractivity contribution in [3.8, 4) is 6.07 Å². The largest absolute Gasteiger partial charge is 0.292 e. The second kappa shape index (κ2) is 5.62. The van der Waals surface area contributed by atoms with Crippen LogP contribution < -0.4 is 0 Å². The molecule has 0 bridgehead atoms. The average molecular weight is 271 g/mol. The average Bonchev–Trinajstić information content (AvgIpc) is 2.45. The van der Waals surface area contributed by atoms with Crippen molar-refractivity contribution < 1.29 is 13.6 Å². The number of benzene rings is 2. The van der Waals surface area contributed by atoms with Crippen molar-refractivity contribution in [3.63, 3.8) is 0 Å². The highest BCUT2D eigenvalue weighted by Gasteiger charge is 2.27. The summed E-state index contributed by atoms with van der Waals surface area (Å²) in [5, 5.41) is 9.15. The lowest BCUT2D eigenvalue weighted by atomic mass is 9.90. The third-order valence-electron chi connectivity index (χ3n) is 3.05. The van der Waals surface area contributed by atoms with Gasteiger partial charge in [-0.25, -0.2) is 8.78 Å². The van der Waals surface area contributed by atoms with Crippen LogP contribution in [0.15, 0.2) is 42.5 Å². The van der Waals surface area contributed by atoms with E-state index in [1.54, 1.807) is 30.3 Å². The topological polar surface area (TPSA) is 40.9 Å². The van der Waals surface area contributed by atoms with Crippen molar-refractivity contribution in [1.82, 2.24) is 0 Å². The fourth-order valence-electron chi connectivity index (χ4n) is 1.96. The SMILES string of the molecule is Cc1ccc(F)c(C(=O)C(C#N)c2ccccc2)c1F. The maximum Gasteiger partial charge on any atom is 0.190 e. The molecule has 0 aliphatic rings. The Morgan fingerprint density at radius 2 is 1.80 bits per heavy atom. The zero-order valence-electron chi connectivity index (χ0n) is 10.7. The molecule has 2 rings (SSSR count). The Hall–Kier alpha value is -2.54. The number of nitrogens with zero attached hydrogens (tertiary/aromatic N) is 1. The molecular formula is C16H11F2NO. The van der Waals surface area contributed by atoms with Gasteiger partial charge in [0.2, 0.25) is 0 Å². The molecule has 1 atom stereocenters. The third kappa shape index (κ3) is 2.43. The highest BCUT2D eigenvalue weighted by atomic mass is 19.1. The van der Waals surface area contributed by atoms with E-state index in [0.717, 1.165) is 6.07 Å². The smallest absolute Gasteiger partial charge is 0.190 e. The summed E-state index contributed by atoms with van der Waals surface area (Å²) >= 11 is 0. The number of ketones is 1. The van der Waals surface area contributed by atoms with Crippen molar-refractivity contribution in [3.05, 3.63) is 70.8 Å². The molecule has 2 aromatic rings. The van der Waals surface area contributed by atoms with Gasteiger partial charge < -0.3 is 0 Å². The van der Waals surface area contributed by atoms with Gasteiger partial charge in [-0.05, 0) is 24.1 Å². The maximum absolute atomic E-state index is 14.0. The van der Waals surface area contributed by atoms with Crippen molar-refractivity contribution in [2.45, 2.75) is 12.8 Å². The molecule has 2 aromatic carbocycles. The maximum atomic E-state index is 14.0. The van der Waals surface area contributed by atoms with E-state index in [4.69, 9.17) is 5.26 Å². The molecule has 2 nitrogen and oxygen atoms in total. The second-order valence-electron chi connectivity index (χ2n) is 4.39. The van der Waals surface area contributed by atoms with E-state index >= 15 is 0 Å². The Morgan fingerprint density at radius 3 is 2.40 bits per heavy atom. The van der Waals surface area contributed by atoms with Gasteiger partial charge in [-0.3, -0.25) is 4.79 Å². The van der Waals surface area contributed by atoms with Crippen LogP contribution in [0.3, 0.4) is 0 Å². The Morgan fingerprint density at radius 1 is 1.15 bits per heavy atom. The monoisotopic (exact) mass is 271 g/mol. The Bertz CT molecular complexity index is 690. The van der Waals surface area contributed by atoms with Crippen molar-refractivity contribution in [2.75, 3.05) is 0 Å². The zero-order chi connectivity index (χ0) is 14.7. The molecule has 1 unspecified atom stereocenters. The number of hydrogen-bond donors (Lipinski definition) is 0. The van der Waals surface area contributed by atoms with Gasteiger partial charge in [0.15, 0.2) is 5.78 Å². The Kier molecular flexibility index (Phi) is 3.90. The lowest BCUT2D eigenvalue weighted by molar-refractivity contribution is 0.0970. The quantitative estimate of drug-likeness (QED) is 0.797. The van der Waals surface area contributed by atoms with Crippen LogP contribution in [0.2, 0.25) is 0 Å². The van der Waals surface area contributed by atoms with E-state index in [0.29, 0.717) is 5.56 Å². The molecule has 0 heterocycles. The van der Waals surface area contributed by atoms with E-state index in [-0.39, 0.29) is 5.56 Å². The summed E-state index contributed by atoms with van der Waals surface area (Å²) in [6.45, 7) is 1.44. The van der Waals surface area contributed by atoms with Gasteiger partial charge in [0.25, 0.3) is 0 Å². The molecular weight excluding hydrogens is 260 g/mol. The molecule has 0 spiro atoms. The van der Waals surface area contributed by atoms with Crippen molar-refractivity contribution >= 4 is 5.78 Å². The van der Waals surface area contributed by atoms with E-state index in [2.05, 4.69) is 0 Å². The van der Waals surface area contributed by atoms with Gasteiger partial charge in [0.05, 0.1) is 11.6 Å². The number of aryl methyl sites for hydroxylation is 1. The molecule has 0 aliphatic carbocycles. The van der Waals surface area contributed by atoms with E-state index < -0.39 is 28.9 Å². The van der Waals surface area contributed by atoms with E-state index in [9.17, 15) is 13.6 Å². The second-order valence-corrected chi connectivity index (χ2v) is 4.39. The van der Waals surface area contributed by atoms with E-state index in [1.165, 1.54) is 13.0 Å². The first kappa shape index (κ1) is 13.9. The minimum Gasteiger partial charge on any atom is -0.292 e. The predicted octanol–water partition coefficient (Wildman–Crippen LogP) is 3.76. The fourth-order valence-corrected chi connectivity index (χ4v) is 1.96. The summed E-state index contributed by atoms with van der Waals surface area (Å²) in [6.07, 6.45) is 0. The zero-order valence-corrected chi connectivity index (χ0v) is 10.7. The minimum atomic E-state index is -1.22. The van der Waals surface area contributed by atoms with Crippen LogP contribution in [0, 0.1) is 29.9 Å². The van der Waals surface area contributed by atoms with Crippen LogP contribution >= 0.6 is 0 Å². The number of Topliss-reactive ketones (excluding diaryl/α,β-unsaturated/α-hetero) is 1. The highest BCUT2D eigenvalue weighted by molar-refractivity contribution is 6.03. The van der Waals surface area contributed by atoms with Gasteiger partial charge in [-0.2, -0.15) is 5.26 Å². The number of nitriles is 1. The van der Waals surface area contributed by atoms with Crippen molar-refractivity contribution in [1.29, 1.82) is 5.26 Å². The highest BCUT2D eigenvalue weighted by Crippen LogP contribution is 2.25. The molecule has 0 radical (unpaired) electrons. The van der Waals surface area contributed by atoms with Gasteiger partial charge in [-0.15, -0.1) is 0 Å². The standard InChI is InChI=1S/C16H11F2NO/c1-10-7-8-13(17)14(15(10)18)16(20)12(9-19)11-5-3-2-4-6-11/h2-8,12H,1H3. The summed E-state index contributed by atoms with van der Waals surface area (Å²) in [5.74, 6) is -3.94. The van der Waals surface area contributed by atoms with Gasteiger partial charge in [0, 0.05) is 0 Å². The van der Waals surface area contributed by atoms with Crippen LogP contribution in [0.25, 0.3) is 0 Å². The van der Waals surface area contributed by atoms with Gasteiger partial charge >= 0.3 is 0 Å². The lowest BCUT2D eigenvalue weighted by Crippen LogP contribution is -2.15. The molecule has 0 N–H and O–H groups in total. The predicted molar refractivity (Wildman–Crippen MR) is 70.2 cm³/mol. The molecule has 0 saturated heterocycles. The number of hydrogen-bond acceptors (Lipinski definition) is 2. The summed E-state index contributed by atoms with van der Waals surface area (Å²) in [6, 6.07) is 12.3. The summed E-state index contributed by atoms with van der Waals surface area (Å²) in [5.41, 5.74) is -0.0692. The minimum absolute atomic E-state index is 0.166. The third-order valence-corrected chi connectivity index (χ3v) is 3.05. The van der Waals surface area contributed by atoms with Crippen LogP contribution in [0.4, 0.5) is 8.78 Å². The van der Waals surface area contributed by atoms with Gasteiger partial charge in [0.1, 0.15) is 17.6 Å². The molecule has 0 fully saturated rings. The first-order valence-corrected chi connectivity index (χ1v) is 5.99. The molecule has 4 heteroatoms. The van der Waals surface area contributed by atoms with Gasteiger partial charge in [-0.1, -0.05) is 36.4 Å². The van der Waals surface area contributed by atoms with Crippen molar-refractivity contribution in [2.24, 2.45) is 0 Å². The molecule has 0 aliphatic heterocycles. The number of halogens is 2.